The number of likely N-dealkylation sites (N-methyl/N-ethyl adjacent to an activating group) is 1. The Balaban J connectivity index is 1.45. The largest absolute Gasteiger partial charge is 0.479 e. The number of ether oxygens (including phenoxy) is 1. The summed E-state index contributed by atoms with van der Waals surface area (Å²) in [6.45, 7) is 10.1. The van der Waals surface area contributed by atoms with Gasteiger partial charge in [-0.05, 0) is 81.8 Å². The number of benzene rings is 3. The molecular weight excluding hydrogens is 582 g/mol. The summed E-state index contributed by atoms with van der Waals surface area (Å²) in [6.07, 6.45) is 0.773. The Morgan fingerprint density at radius 2 is 1.86 bits per heavy atom. The molecule has 224 valence electrons. The molecule has 1 fully saturated rings. The topological polar surface area (TPSA) is 83.7 Å². The minimum Gasteiger partial charge on any atom is -0.479 e. The predicted molar refractivity (Wildman–Crippen MR) is 174 cm³/mol. The summed E-state index contributed by atoms with van der Waals surface area (Å²) >= 11 is 7.86. The van der Waals surface area contributed by atoms with Crippen LogP contribution in [-0.4, -0.2) is 63.0 Å². The summed E-state index contributed by atoms with van der Waals surface area (Å²) in [5, 5.41) is 17.4. The highest BCUT2D eigenvalue weighted by Crippen LogP contribution is 2.45. The Labute approximate surface area is 260 Å². The van der Waals surface area contributed by atoms with Crippen molar-refractivity contribution in [3.63, 3.8) is 0 Å². The van der Waals surface area contributed by atoms with Gasteiger partial charge in [0, 0.05) is 48.2 Å². The molecule has 1 aliphatic heterocycles. The first kappa shape index (κ1) is 29.6. The summed E-state index contributed by atoms with van der Waals surface area (Å²) in [6, 6.07) is 16.3. The number of aryl methyl sites for hydroxylation is 2. The van der Waals surface area contributed by atoms with E-state index in [1.54, 1.807) is 11.3 Å². The van der Waals surface area contributed by atoms with Gasteiger partial charge in [0.2, 0.25) is 0 Å². The van der Waals surface area contributed by atoms with Crippen molar-refractivity contribution in [3.8, 4) is 11.1 Å². The Morgan fingerprint density at radius 1 is 1.12 bits per heavy atom. The van der Waals surface area contributed by atoms with Gasteiger partial charge in [-0.3, -0.25) is 9.58 Å². The lowest BCUT2D eigenvalue weighted by atomic mass is 9.91. The quantitative estimate of drug-likeness (QED) is 0.215. The lowest BCUT2D eigenvalue weighted by molar-refractivity contribution is -0.160. The highest BCUT2D eigenvalue weighted by atomic mass is 35.5. The summed E-state index contributed by atoms with van der Waals surface area (Å²) in [4.78, 5) is 22.5. The fraction of sp³-hybridized carbons (Fsp3) is 0.364. The molecule has 3 heterocycles. The molecule has 0 bridgehead atoms. The summed E-state index contributed by atoms with van der Waals surface area (Å²) in [5.74, 6) is -1.02. The number of halogens is 1. The van der Waals surface area contributed by atoms with E-state index < -0.39 is 17.7 Å². The van der Waals surface area contributed by atoms with E-state index in [1.807, 2.05) is 76.0 Å². The third-order valence-electron chi connectivity index (χ3n) is 8.08. The zero-order valence-corrected chi connectivity index (χ0v) is 26.8. The number of nitrogens with zero attached hydrogens (tertiary/aromatic N) is 5. The van der Waals surface area contributed by atoms with Gasteiger partial charge in [-0.25, -0.2) is 9.78 Å². The number of hydrogen-bond donors (Lipinski definition) is 1. The average Bonchev–Trinajstić information content (AvgIpc) is 3.54. The van der Waals surface area contributed by atoms with Crippen LogP contribution in [0.2, 0.25) is 5.02 Å². The summed E-state index contributed by atoms with van der Waals surface area (Å²) in [7, 11) is 4.13. The molecule has 0 saturated carbocycles. The lowest BCUT2D eigenvalue weighted by Gasteiger charge is -2.39. The van der Waals surface area contributed by atoms with Gasteiger partial charge in [-0.2, -0.15) is 5.10 Å². The van der Waals surface area contributed by atoms with Crippen molar-refractivity contribution < 1.29 is 14.6 Å². The number of carbonyl (C=O) groups is 1. The molecule has 5 aromatic rings. The third-order valence-corrected chi connectivity index (χ3v) is 9.48. The maximum atomic E-state index is 12.7. The number of carboxylic acids is 1. The number of anilines is 1. The molecule has 1 N–H and O–H groups in total. The molecule has 3 aromatic carbocycles. The van der Waals surface area contributed by atoms with Crippen LogP contribution >= 0.6 is 22.9 Å². The molecule has 1 saturated heterocycles. The molecule has 1 aliphatic rings. The van der Waals surface area contributed by atoms with Crippen LogP contribution in [0.1, 0.15) is 49.6 Å². The van der Waals surface area contributed by atoms with Crippen molar-refractivity contribution in [2.24, 2.45) is 7.05 Å². The predicted octanol–water partition coefficient (Wildman–Crippen LogP) is 7.25. The molecule has 2 aromatic heterocycles. The van der Waals surface area contributed by atoms with Gasteiger partial charge in [-0.1, -0.05) is 41.1 Å². The molecule has 0 aliphatic carbocycles. The van der Waals surface area contributed by atoms with E-state index in [9.17, 15) is 9.90 Å². The number of carboxylic acid groups (broad SMARTS) is 1. The second-order valence-corrected chi connectivity index (χ2v) is 13.7. The molecule has 43 heavy (non-hydrogen) atoms. The first-order valence-electron chi connectivity index (χ1n) is 14.4. The van der Waals surface area contributed by atoms with E-state index in [4.69, 9.17) is 21.3 Å². The van der Waals surface area contributed by atoms with Crippen molar-refractivity contribution in [2.75, 3.05) is 31.6 Å². The van der Waals surface area contributed by atoms with Crippen LogP contribution in [0.4, 0.5) is 5.13 Å². The zero-order chi connectivity index (χ0) is 30.6. The number of rotatable bonds is 6. The third kappa shape index (κ3) is 5.74. The number of piperazine rings is 1. The molecule has 0 spiro atoms. The van der Waals surface area contributed by atoms with Crippen molar-refractivity contribution in [1.29, 1.82) is 0 Å². The van der Waals surface area contributed by atoms with Gasteiger partial charge in [0.25, 0.3) is 0 Å². The van der Waals surface area contributed by atoms with Crippen LogP contribution in [0.5, 0.6) is 0 Å². The molecule has 10 heteroatoms. The van der Waals surface area contributed by atoms with Crippen LogP contribution in [0.25, 0.3) is 32.2 Å². The number of hydrogen-bond acceptors (Lipinski definition) is 7. The van der Waals surface area contributed by atoms with Crippen molar-refractivity contribution in [2.45, 2.75) is 45.4 Å². The molecule has 0 radical (unpaired) electrons. The van der Waals surface area contributed by atoms with Crippen molar-refractivity contribution in [3.05, 3.63) is 76.4 Å². The van der Waals surface area contributed by atoms with Gasteiger partial charge in [0.15, 0.2) is 11.2 Å². The molecule has 2 unspecified atom stereocenters. The van der Waals surface area contributed by atoms with Crippen LogP contribution in [0.15, 0.2) is 54.7 Å². The van der Waals surface area contributed by atoms with Gasteiger partial charge in [-0.15, -0.1) is 0 Å². The standard InChI is InChI=1S/C33H36ClN5O3S/c1-19-15-24-30(28(20-7-10-23(34)11-8-20)27(19)29(31(40)41)42-33(2,3)4)43-32(36-24)39-14-13-37(5)26(18-39)21-9-12-25-22(16-21)17-35-38(25)6/h7-12,15-17,26,29H,13-14,18H2,1-6H3,(H,40,41). The van der Waals surface area contributed by atoms with Gasteiger partial charge >= 0.3 is 5.97 Å². The summed E-state index contributed by atoms with van der Waals surface area (Å²) in [5.41, 5.74) is 5.74. The minimum atomic E-state index is -1.14. The molecule has 8 nitrogen and oxygen atoms in total. The van der Waals surface area contributed by atoms with E-state index in [0.29, 0.717) is 10.6 Å². The van der Waals surface area contributed by atoms with Gasteiger partial charge in [0.05, 0.1) is 33.6 Å². The van der Waals surface area contributed by atoms with E-state index in [1.165, 1.54) is 5.56 Å². The number of thiazole rings is 1. The monoisotopic (exact) mass is 617 g/mol. The second-order valence-electron chi connectivity index (χ2n) is 12.3. The van der Waals surface area contributed by atoms with Crippen LogP contribution < -0.4 is 4.90 Å². The van der Waals surface area contributed by atoms with Crippen LogP contribution in [-0.2, 0) is 16.6 Å². The first-order valence-corrected chi connectivity index (χ1v) is 15.6. The Kier molecular flexibility index (Phi) is 7.71. The molecule has 2 atom stereocenters. The Morgan fingerprint density at radius 3 is 2.56 bits per heavy atom. The normalized spacial score (nSPS) is 17.2. The van der Waals surface area contributed by atoms with E-state index >= 15 is 0 Å². The Bertz CT molecular complexity index is 1820. The zero-order valence-electron chi connectivity index (χ0n) is 25.3. The van der Waals surface area contributed by atoms with Crippen molar-refractivity contribution >= 4 is 55.2 Å². The minimum absolute atomic E-state index is 0.190. The second kappa shape index (κ2) is 11.2. The van der Waals surface area contributed by atoms with Crippen molar-refractivity contribution in [1.82, 2.24) is 19.7 Å². The van der Waals surface area contributed by atoms with Crippen LogP contribution in [0.3, 0.4) is 0 Å². The number of fused-ring (bicyclic) bond motifs is 2. The van der Waals surface area contributed by atoms with Gasteiger partial charge in [0.1, 0.15) is 0 Å². The van der Waals surface area contributed by atoms with E-state index in [0.717, 1.165) is 62.6 Å². The lowest BCUT2D eigenvalue weighted by Crippen LogP contribution is -2.46. The number of aromatic nitrogens is 3. The highest BCUT2D eigenvalue weighted by Gasteiger charge is 2.33. The molecule has 0 amide bonds. The first-order chi connectivity index (χ1) is 20.4. The highest BCUT2D eigenvalue weighted by molar-refractivity contribution is 7.22. The number of aliphatic carboxylic acids is 1. The SMILES string of the molecule is Cc1cc2nc(N3CCN(C)C(c4ccc5c(cnn5C)c4)C3)sc2c(-c2ccc(Cl)cc2)c1C(OC(C)(C)C)C(=O)O. The average molecular weight is 618 g/mol. The fourth-order valence-electron chi connectivity index (χ4n) is 5.96. The Hall–Kier alpha value is -3.50. The smallest absolute Gasteiger partial charge is 0.337 e. The van der Waals surface area contributed by atoms with Gasteiger partial charge < -0.3 is 14.7 Å². The van der Waals surface area contributed by atoms with Crippen LogP contribution in [0, 0.1) is 6.92 Å². The van der Waals surface area contributed by atoms with E-state index in [2.05, 4.69) is 40.1 Å². The molecular formula is C33H36ClN5O3S. The summed E-state index contributed by atoms with van der Waals surface area (Å²) < 4.78 is 9.00. The molecule has 6 rings (SSSR count). The maximum absolute atomic E-state index is 12.7. The van der Waals surface area contributed by atoms with E-state index in [-0.39, 0.29) is 6.04 Å². The fourth-order valence-corrected chi connectivity index (χ4v) is 7.25. The maximum Gasteiger partial charge on any atom is 0.337 e.